The lowest BCUT2D eigenvalue weighted by atomic mass is 10.2. The van der Waals surface area contributed by atoms with Crippen molar-refractivity contribution in [2.24, 2.45) is 4.40 Å². The number of carbonyl (C=O) groups is 1. The molecule has 2 aromatic rings. The van der Waals surface area contributed by atoms with E-state index in [0.29, 0.717) is 31.1 Å². The zero-order valence-corrected chi connectivity index (χ0v) is 18.3. The average Bonchev–Trinajstić information content (AvgIpc) is 2.63. The fraction of sp³-hybridized carbons (Fsp3) is 0.278. The molecule has 1 unspecified atom stereocenters. The number of esters is 1. The van der Waals surface area contributed by atoms with Crippen LogP contribution in [0.5, 0.6) is 0 Å². The van der Waals surface area contributed by atoms with Gasteiger partial charge in [-0.25, -0.2) is 9.78 Å². The Bertz CT molecular complexity index is 870. The van der Waals surface area contributed by atoms with E-state index in [1.807, 2.05) is 20.8 Å². The van der Waals surface area contributed by atoms with Gasteiger partial charge in [-0.05, 0) is 45.0 Å². The summed E-state index contributed by atoms with van der Waals surface area (Å²) in [6, 6.07) is 6.53. The summed E-state index contributed by atoms with van der Waals surface area (Å²) in [6.45, 7) is 5.48. The molecule has 0 radical (unpaired) electrons. The molecule has 1 atom stereocenters. The molecule has 0 fully saturated rings. The summed E-state index contributed by atoms with van der Waals surface area (Å²) in [6.07, 6.45) is 3.01. The zero-order chi connectivity index (χ0) is 20.2. The number of nitrogens with zero attached hydrogens (tertiary/aromatic N) is 2. The summed E-state index contributed by atoms with van der Waals surface area (Å²) >= 11 is 12.4. The van der Waals surface area contributed by atoms with Crippen LogP contribution in [0, 0.1) is 0 Å². The maximum absolute atomic E-state index is 12.2. The SMILES string of the molecule is COC(=O)c1cccnc1Sc1c(Cl)ccc(Cl)c1/C=N/[S+]([O-])C(C)(C)C. The van der Waals surface area contributed by atoms with Gasteiger partial charge in [0.05, 0.1) is 28.9 Å². The van der Waals surface area contributed by atoms with Gasteiger partial charge in [0.1, 0.15) is 21.1 Å². The van der Waals surface area contributed by atoms with Gasteiger partial charge in [0, 0.05) is 16.7 Å². The Morgan fingerprint density at radius 2 is 1.96 bits per heavy atom. The van der Waals surface area contributed by atoms with Gasteiger partial charge < -0.3 is 9.29 Å². The lowest BCUT2D eigenvalue weighted by molar-refractivity contribution is 0.0596. The van der Waals surface area contributed by atoms with E-state index in [-0.39, 0.29) is 0 Å². The smallest absolute Gasteiger partial charge is 0.340 e. The number of carbonyl (C=O) groups excluding carboxylic acids is 1. The standard InChI is InChI=1S/C18H18Cl2N2O3S2/c1-18(2,3)27(24)22-10-12-13(19)7-8-14(20)15(12)26-16-11(17(23)25-4)6-5-9-21-16/h5-10H,1-4H3/b22-10+. The summed E-state index contributed by atoms with van der Waals surface area (Å²) in [7, 11) is 1.30. The number of benzene rings is 1. The number of pyridine rings is 1. The maximum atomic E-state index is 12.2. The highest BCUT2D eigenvalue weighted by molar-refractivity contribution is 7.99. The number of rotatable bonds is 5. The van der Waals surface area contributed by atoms with Crippen LogP contribution >= 0.6 is 35.0 Å². The quantitative estimate of drug-likeness (QED) is 0.359. The van der Waals surface area contributed by atoms with Gasteiger partial charge in [-0.1, -0.05) is 39.4 Å². The van der Waals surface area contributed by atoms with Crippen molar-refractivity contribution in [2.45, 2.75) is 35.4 Å². The highest BCUT2D eigenvalue weighted by Crippen LogP contribution is 2.39. The van der Waals surface area contributed by atoms with Crippen molar-refractivity contribution in [2.75, 3.05) is 7.11 Å². The normalized spacial score (nSPS) is 13.0. The predicted molar refractivity (Wildman–Crippen MR) is 112 cm³/mol. The molecular formula is C18H18Cl2N2O3S2. The minimum Gasteiger partial charge on any atom is -0.591 e. The highest BCUT2D eigenvalue weighted by Gasteiger charge is 2.26. The van der Waals surface area contributed by atoms with Crippen LogP contribution in [-0.4, -0.2) is 33.6 Å². The van der Waals surface area contributed by atoms with Crippen molar-refractivity contribution in [3.63, 3.8) is 0 Å². The molecule has 0 saturated carbocycles. The molecule has 0 spiro atoms. The van der Waals surface area contributed by atoms with Gasteiger partial charge in [-0.15, -0.1) is 0 Å². The van der Waals surface area contributed by atoms with Gasteiger partial charge in [-0.3, -0.25) is 0 Å². The second-order valence-electron chi connectivity index (χ2n) is 6.32. The summed E-state index contributed by atoms with van der Waals surface area (Å²) in [5.74, 6) is -0.507. The van der Waals surface area contributed by atoms with Crippen LogP contribution in [0.1, 0.15) is 36.7 Å². The molecule has 144 valence electrons. The van der Waals surface area contributed by atoms with E-state index in [4.69, 9.17) is 27.9 Å². The average molecular weight is 445 g/mol. The molecule has 0 bridgehead atoms. The van der Waals surface area contributed by atoms with E-state index in [9.17, 15) is 9.35 Å². The Hall–Kier alpha value is -1.25. The van der Waals surface area contributed by atoms with Crippen molar-refractivity contribution < 1.29 is 14.1 Å². The van der Waals surface area contributed by atoms with Crippen molar-refractivity contribution in [1.82, 2.24) is 4.98 Å². The lowest BCUT2D eigenvalue weighted by Gasteiger charge is -2.18. The molecule has 27 heavy (non-hydrogen) atoms. The summed E-state index contributed by atoms with van der Waals surface area (Å²) in [5.41, 5.74) is 0.815. The summed E-state index contributed by atoms with van der Waals surface area (Å²) in [4.78, 5) is 16.8. The Balaban J connectivity index is 2.49. The largest absolute Gasteiger partial charge is 0.591 e. The molecule has 1 aromatic heterocycles. The molecule has 1 heterocycles. The fourth-order valence-corrected chi connectivity index (χ4v) is 3.93. The molecule has 0 amide bonds. The molecule has 0 aliphatic heterocycles. The van der Waals surface area contributed by atoms with Crippen LogP contribution in [0.25, 0.3) is 0 Å². The molecule has 0 aliphatic carbocycles. The number of halogens is 2. The van der Waals surface area contributed by atoms with Gasteiger partial charge in [-0.2, -0.15) is 0 Å². The summed E-state index contributed by atoms with van der Waals surface area (Å²) in [5, 5.41) is 1.22. The monoisotopic (exact) mass is 444 g/mol. The van der Waals surface area contributed by atoms with Gasteiger partial charge in [0.15, 0.2) is 0 Å². The number of ether oxygens (including phenoxy) is 1. The molecule has 2 rings (SSSR count). The molecule has 1 aromatic carbocycles. The van der Waals surface area contributed by atoms with E-state index in [0.717, 1.165) is 0 Å². The van der Waals surface area contributed by atoms with Crippen molar-refractivity contribution in [1.29, 1.82) is 0 Å². The first-order chi connectivity index (χ1) is 12.6. The fourth-order valence-electron chi connectivity index (χ4n) is 1.87. The number of hydrogen-bond acceptors (Lipinski definition) is 6. The van der Waals surface area contributed by atoms with Crippen LogP contribution in [0.2, 0.25) is 10.0 Å². The van der Waals surface area contributed by atoms with E-state index in [2.05, 4.69) is 9.38 Å². The molecule has 0 aliphatic rings. The minimum atomic E-state index is -1.45. The molecular weight excluding hydrogens is 427 g/mol. The third-order valence-electron chi connectivity index (χ3n) is 3.27. The van der Waals surface area contributed by atoms with Gasteiger partial charge in [0.25, 0.3) is 0 Å². The van der Waals surface area contributed by atoms with Crippen molar-refractivity contribution in [3.8, 4) is 0 Å². The third-order valence-corrected chi connectivity index (χ3v) is 6.54. The van der Waals surface area contributed by atoms with E-state index >= 15 is 0 Å². The topological polar surface area (TPSA) is 74.6 Å². The zero-order valence-electron chi connectivity index (χ0n) is 15.2. The van der Waals surface area contributed by atoms with Crippen LogP contribution in [0.15, 0.2) is 44.8 Å². The van der Waals surface area contributed by atoms with Crippen LogP contribution in [0.4, 0.5) is 0 Å². The van der Waals surface area contributed by atoms with Crippen LogP contribution in [0.3, 0.4) is 0 Å². The number of aromatic nitrogens is 1. The molecule has 9 heteroatoms. The lowest BCUT2D eigenvalue weighted by Crippen LogP contribution is -2.25. The number of methoxy groups -OCH3 is 1. The van der Waals surface area contributed by atoms with E-state index in [1.54, 1.807) is 30.5 Å². The van der Waals surface area contributed by atoms with E-state index in [1.165, 1.54) is 25.1 Å². The number of hydrogen-bond donors (Lipinski definition) is 0. The Labute approximate surface area is 175 Å². The highest BCUT2D eigenvalue weighted by atomic mass is 35.5. The van der Waals surface area contributed by atoms with Crippen LogP contribution in [-0.2, 0) is 16.1 Å². The second-order valence-corrected chi connectivity index (χ2v) is 10.1. The minimum absolute atomic E-state index is 0.308. The van der Waals surface area contributed by atoms with Crippen molar-refractivity contribution in [3.05, 3.63) is 51.6 Å². The predicted octanol–water partition coefficient (Wildman–Crippen LogP) is 5.21. The maximum Gasteiger partial charge on any atom is 0.340 e. The third kappa shape index (κ3) is 5.62. The Morgan fingerprint density at radius 1 is 1.30 bits per heavy atom. The second kappa shape index (κ2) is 9.30. The molecule has 0 N–H and O–H groups in total. The first-order valence-electron chi connectivity index (χ1n) is 7.80. The Kier molecular flexibility index (Phi) is 7.59. The van der Waals surface area contributed by atoms with Gasteiger partial charge >= 0.3 is 5.97 Å². The van der Waals surface area contributed by atoms with E-state index < -0.39 is 22.1 Å². The molecule has 5 nitrogen and oxygen atoms in total. The Morgan fingerprint density at radius 3 is 2.59 bits per heavy atom. The first kappa shape index (κ1) is 22.0. The first-order valence-corrected chi connectivity index (χ1v) is 10.5. The molecule has 0 saturated heterocycles. The van der Waals surface area contributed by atoms with Crippen molar-refractivity contribution >= 4 is 58.5 Å². The van der Waals surface area contributed by atoms with Gasteiger partial charge in [0.2, 0.25) is 0 Å². The van der Waals surface area contributed by atoms with Crippen LogP contribution < -0.4 is 0 Å². The summed E-state index contributed by atoms with van der Waals surface area (Å²) < 4.78 is 20.7.